The number of hydrogen-bond acceptors (Lipinski definition) is 2. The van der Waals surface area contributed by atoms with Gasteiger partial charge in [-0.3, -0.25) is 0 Å². The van der Waals surface area contributed by atoms with E-state index < -0.39 is 10.0 Å². The minimum atomic E-state index is -2.93. The van der Waals surface area contributed by atoms with Gasteiger partial charge in [0.25, 0.3) is 0 Å². The molecule has 0 saturated carbocycles. The Morgan fingerprint density at radius 2 is 1.94 bits per heavy atom. The summed E-state index contributed by atoms with van der Waals surface area (Å²) in [6, 6.07) is 8.26. The first-order valence-electron chi connectivity index (χ1n) is 5.61. The maximum absolute atomic E-state index is 11.6. The lowest BCUT2D eigenvalue weighted by atomic mass is 10.1. The molecule has 0 bridgehead atoms. The third-order valence-electron chi connectivity index (χ3n) is 2.97. The summed E-state index contributed by atoms with van der Waals surface area (Å²) in [6.07, 6.45) is 1.58. The van der Waals surface area contributed by atoms with Crippen molar-refractivity contribution in [1.82, 2.24) is 4.31 Å². The zero-order valence-electron chi connectivity index (χ0n) is 9.52. The molecule has 4 heteroatoms. The van der Waals surface area contributed by atoms with E-state index >= 15 is 0 Å². The molecule has 2 rings (SSSR count). The van der Waals surface area contributed by atoms with Gasteiger partial charge in [0.1, 0.15) is 0 Å². The third kappa shape index (κ3) is 2.62. The van der Waals surface area contributed by atoms with Gasteiger partial charge < -0.3 is 0 Å². The zero-order chi connectivity index (χ0) is 11.6. The molecule has 1 heterocycles. The summed E-state index contributed by atoms with van der Waals surface area (Å²) < 4.78 is 24.7. The molecule has 0 aromatic heterocycles. The molecule has 1 aromatic carbocycles. The van der Waals surface area contributed by atoms with Crippen LogP contribution in [-0.4, -0.2) is 31.6 Å². The third-order valence-corrected chi connectivity index (χ3v) is 4.93. The lowest BCUT2D eigenvalue weighted by Gasteiger charge is -2.13. The molecule has 1 aliphatic rings. The van der Waals surface area contributed by atoms with Gasteiger partial charge in [-0.05, 0) is 25.3 Å². The first-order chi connectivity index (χ1) is 7.58. The zero-order valence-corrected chi connectivity index (χ0v) is 10.3. The number of nitrogens with zero attached hydrogens (tertiary/aromatic N) is 1. The molecule has 0 N–H and O–H groups in total. The average molecular weight is 239 g/mol. The normalized spacial score (nSPS) is 20.1. The summed E-state index contributed by atoms with van der Waals surface area (Å²) in [5, 5.41) is 0. The van der Waals surface area contributed by atoms with Crippen molar-refractivity contribution in [3.63, 3.8) is 0 Å². The van der Waals surface area contributed by atoms with Crippen LogP contribution in [0.3, 0.4) is 0 Å². The molecular formula is C12H17NO2S. The topological polar surface area (TPSA) is 37.4 Å². The first kappa shape index (κ1) is 11.6. The van der Waals surface area contributed by atoms with Crippen LogP contribution in [0, 0.1) is 6.92 Å². The standard InChI is InChI=1S/C12H17NO2S/c1-11-3-5-12(6-4-11)7-9-13-8-2-10-16(13,14)15/h3-6H,2,7-10H2,1H3. The van der Waals surface area contributed by atoms with E-state index in [2.05, 4.69) is 31.2 Å². The Bertz CT molecular complexity index is 450. The molecule has 1 aromatic rings. The monoisotopic (exact) mass is 239 g/mol. The van der Waals surface area contributed by atoms with Crippen LogP contribution in [-0.2, 0) is 16.4 Å². The molecule has 1 aliphatic heterocycles. The van der Waals surface area contributed by atoms with E-state index in [9.17, 15) is 8.42 Å². The van der Waals surface area contributed by atoms with Gasteiger partial charge in [0.2, 0.25) is 10.0 Å². The average Bonchev–Trinajstić information content (AvgIpc) is 2.57. The van der Waals surface area contributed by atoms with E-state index in [-0.39, 0.29) is 0 Å². The fourth-order valence-corrected chi connectivity index (χ4v) is 3.48. The Morgan fingerprint density at radius 3 is 2.50 bits per heavy atom. The molecule has 3 nitrogen and oxygen atoms in total. The molecule has 1 saturated heterocycles. The summed E-state index contributed by atoms with van der Waals surface area (Å²) in [5.74, 6) is 0.320. The Balaban J connectivity index is 1.95. The second-order valence-electron chi connectivity index (χ2n) is 4.30. The highest BCUT2D eigenvalue weighted by molar-refractivity contribution is 7.89. The van der Waals surface area contributed by atoms with Crippen LogP contribution in [0.2, 0.25) is 0 Å². The van der Waals surface area contributed by atoms with Crippen molar-refractivity contribution in [2.24, 2.45) is 0 Å². The number of rotatable bonds is 3. The fraction of sp³-hybridized carbons (Fsp3) is 0.500. The maximum atomic E-state index is 11.6. The Hall–Kier alpha value is -0.870. The van der Waals surface area contributed by atoms with Gasteiger partial charge in [-0.25, -0.2) is 12.7 Å². The predicted octanol–water partition coefficient (Wildman–Crippen LogP) is 1.57. The molecule has 1 fully saturated rings. The van der Waals surface area contributed by atoms with Gasteiger partial charge in [0.05, 0.1) is 5.75 Å². The highest BCUT2D eigenvalue weighted by Gasteiger charge is 2.27. The molecule has 0 radical (unpaired) electrons. The predicted molar refractivity (Wildman–Crippen MR) is 64.9 cm³/mol. The number of hydrogen-bond donors (Lipinski definition) is 0. The first-order valence-corrected chi connectivity index (χ1v) is 7.22. The summed E-state index contributed by atoms with van der Waals surface area (Å²) in [7, 11) is -2.93. The summed E-state index contributed by atoms with van der Waals surface area (Å²) in [5.41, 5.74) is 2.44. The highest BCUT2D eigenvalue weighted by atomic mass is 32.2. The minimum Gasteiger partial charge on any atom is -0.212 e. The van der Waals surface area contributed by atoms with E-state index in [1.807, 2.05) is 0 Å². The van der Waals surface area contributed by atoms with Crippen molar-refractivity contribution in [2.75, 3.05) is 18.8 Å². The van der Waals surface area contributed by atoms with E-state index in [4.69, 9.17) is 0 Å². The van der Waals surface area contributed by atoms with Crippen LogP contribution in [0.1, 0.15) is 17.5 Å². The van der Waals surface area contributed by atoms with Gasteiger partial charge in [-0.15, -0.1) is 0 Å². The Labute approximate surface area is 97.1 Å². The summed E-state index contributed by atoms with van der Waals surface area (Å²) in [6.45, 7) is 3.36. The minimum absolute atomic E-state index is 0.320. The van der Waals surface area contributed by atoms with Crippen molar-refractivity contribution in [2.45, 2.75) is 19.8 Å². The van der Waals surface area contributed by atoms with Crippen LogP contribution in [0.25, 0.3) is 0 Å². The van der Waals surface area contributed by atoms with Crippen molar-refractivity contribution in [3.8, 4) is 0 Å². The van der Waals surface area contributed by atoms with Crippen molar-refractivity contribution in [3.05, 3.63) is 35.4 Å². The smallest absolute Gasteiger partial charge is 0.212 e. The summed E-state index contributed by atoms with van der Waals surface area (Å²) in [4.78, 5) is 0. The van der Waals surface area contributed by atoms with Gasteiger partial charge in [0.15, 0.2) is 0 Å². The molecule has 0 amide bonds. The number of benzene rings is 1. The molecule has 0 aliphatic carbocycles. The molecule has 88 valence electrons. The Kier molecular flexibility index (Phi) is 3.30. The van der Waals surface area contributed by atoms with E-state index in [1.54, 1.807) is 4.31 Å². The molecule has 0 atom stereocenters. The summed E-state index contributed by atoms with van der Waals surface area (Å²) >= 11 is 0. The van der Waals surface area contributed by atoms with Crippen LogP contribution < -0.4 is 0 Å². The lowest BCUT2D eigenvalue weighted by molar-refractivity contribution is 0.447. The van der Waals surface area contributed by atoms with E-state index in [0.29, 0.717) is 18.8 Å². The largest absolute Gasteiger partial charge is 0.214 e. The second kappa shape index (κ2) is 4.55. The van der Waals surface area contributed by atoms with Crippen LogP contribution in [0.15, 0.2) is 24.3 Å². The molecule has 0 unspecified atom stereocenters. The van der Waals surface area contributed by atoms with Crippen molar-refractivity contribution >= 4 is 10.0 Å². The molecular weight excluding hydrogens is 222 g/mol. The molecule has 0 spiro atoms. The maximum Gasteiger partial charge on any atom is 0.214 e. The number of aryl methyl sites for hydroxylation is 1. The van der Waals surface area contributed by atoms with Gasteiger partial charge >= 0.3 is 0 Å². The molecule has 16 heavy (non-hydrogen) atoms. The second-order valence-corrected chi connectivity index (χ2v) is 6.39. The van der Waals surface area contributed by atoms with Crippen LogP contribution >= 0.6 is 0 Å². The Morgan fingerprint density at radius 1 is 1.25 bits per heavy atom. The lowest BCUT2D eigenvalue weighted by Crippen LogP contribution is -2.27. The van der Waals surface area contributed by atoms with Gasteiger partial charge in [0, 0.05) is 13.1 Å². The van der Waals surface area contributed by atoms with Crippen molar-refractivity contribution in [1.29, 1.82) is 0 Å². The highest BCUT2D eigenvalue weighted by Crippen LogP contribution is 2.14. The van der Waals surface area contributed by atoms with Crippen LogP contribution in [0.5, 0.6) is 0 Å². The van der Waals surface area contributed by atoms with E-state index in [0.717, 1.165) is 12.8 Å². The van der Waals surface area contributed by atoms with E-state index in [1.165, 1.54) is 11.1 Å². The van der Waals surface area contributed by atoms with Gasteiger partial charge in [-0.1, -0.05) is 29.8 Å². The van der Waals surface area contributed by atoms with Crippen molar-refractivity contribution < 1.29 is 8.42 Å². The SMILES string of the molecule is Cc1ccc(CCN2CCCS2(=O)=O)cc1. The quantitative estimate of drug-likeness (QED) is 0.803. The van der Waals surface area contributed by atoms with Crippen LogP contribution in [0.4, 0.5) is 0 Å². The van der Waals surface area contributed by atoms with Gasteiger partial charge in [-0.2, -0.15) is 0 Å². The fourth-order valence-electron chi connectivity index (χ4n) is 1.95. The number of sulfonamides is 1.